The van der Waals surface area contributed by atoms with Crippen LogP contribution in [-0.4, -0.2) is 16.9 Å². The summed E-state index contributed by atoms with van der Waals surface area (Å²) in [6.07, 6.45) is 7.83. The Morgan fingerprint density at radius 3 is 2.95 bits per heavy atom. The molecule has 3 fully saturated rings. The van der Waals surface area contributed by atoms with Gasteiger partial charge in [-0.3, -0.25) is 4.79 Å². The van der Waals surface area contributed by atoms with Crippen molar-refractivity contribution in [2.24, 2.45) is 23.7 Å². The summed E-state index contributed by atoms with van der Waals surface area (Å²) in [5.41, 5.74) is 0.378. The fraction of sp³-hybridized carbons (Fsp3) is 0.625. The molecule has 0 aromatic carbocycles. The number of pyridine rings is 1. The van der Waals surface area contributed by atoms with Crippen LogP contribution in [0.4, 0.5) is 4.39 Å². The molecule has 3 nitrogen and oxygen atoms in total. The zero-order chi connectivity index (χ0) is 13.7. The van der Waals surface area contributed by atoms with E-state index in [0.717, 1.165) is 24.2 Å². The summed E-state index contributed by atoms with van der Waals surface area (Å²) in [6, 6.07) is 3.08. The van der Waals surface area contributed by atoms with Gasteiger partial charge in [-0.05, 0) is 55.4 Å². The molecule has 3 saturated carbocycles. The van der Waals surface area contributed by atoms with Crippen LogP contribution >= 0.6 is 0 Å². The molecule has 1 heterocycles. The fourth-order valence-corrected chi connectivity index (χ4v) is 5.03. The van der Waals surface area contributed by atoms with Crippen molar-refractivity contribution in [3.05, 3.63) is 29.8 Å². The number of amides is 1. The summed E-state index contributed by atoms with van der Waals surface area (Å²) in [5.74, 6) is 2.47. The highest BCUT2D eigenvalue weighted by molar-refractivity contribution is 5.94. The first-order valence-corrected chi connectivity index (χ1v) is 7.65. The van der Waals surface area contributed by atoms with Crippen LogP contribution in [0.5, 0.6) is 0 Å². The Hall–Kier alpha value is -1.45. The molecular formula is C16H19FN2O. The minimum Gasteiger partial charge on any atom is -0.349 e. The van der Waals surface area contributed by atoms with Crippen molar-refractivity contribution in [1.29, 1.82) is 0 Å². The van der Waals surface area contributed by atoms with Crippen molar-refractivity contribution in [1.82, 2.24) is 10.3 Å². The zero-order valence-corrected chi connectivity index (χ0v) is 11.4. The third-order valence-electron chi connectivity index (χ3n) is 5.73. The van der Waals surface area contributed by atoms with Gasteiger partial charge in [-0.2, -0.15) is 4.39 Å². The Balaban J connectivity index is 1.47. The molecule has 1 aromatic rings. The van der Waals surface area contributed by atoms with Gasteiger partial charge < -0.3 is 5.32 Å². The number of fused-ring (bicyclic) bond motifs is 5. The monoisotopic (exact) mass is 274 g/mol. The Kier molecular flexibility index (Phi) is 2.79. The Morgan fingerprint density at radius 2 is 2.10 bits per heavy atom. The molecule has 4 heteroatoms. The van der Waals surface area contributed by atoms with Crippen molar-refractivity contribution in [2.75, 3.05) is 0 Å². The highest BCUT2D eigenvalue weighted by Gasteiger charge is 2.54. The van der Waals surface area contributed by atoms with Crippen LogP contribution in [0.3, 0.4) is 0 Å². The molecule has 0 unspecified atom stereocenters. The predicted octanol–water partition coefficient (Wildman–Crippen LogP) is 2.78. The summed E-state index contributed by atoms with van der Waals surface area (Å²) in [7, 11) is 0. The number of carbonyl (C=O) groups is 1. The maximum Gasteiger partial charge on any atom is 0.251 e. The molecule has 0 saturated heterocycles. The van der Waals surface area contributed by atoms with Gasteiger partial charge in [0.05, 0.1) is 0 Å². The van der Waals surface area contributed by atoms with Gasteiger partial charge in [-0.1, -0.05) is 6.42 Å². The van der Waals surface area contributed by atoms with Crippen molar-refractivity contribution in [3.8, 4) is 0 Å². The van der Waals surface area contributed by atoms with Gasteiger partial charge in [0.2, 0.25) is 5.95 Å². The number of aromatic nitrogens is 1. The Labute approximate surface area is 118 Å². The van der Waals surface area contributed by atoms with Gasteiger partial charge >= 0.3 is 0 Å². The van der Waals surface area contributed by atoms with Crippen molar-refractivity contribution in [2.45, 2.75) is 38.1 Å². The molecule has 3 aliphatic rings. The minimum atomic E-state index is -0.596. The van der Waals surface area contributed by atoms with Crippen LogP contribution in [0.25, 0.3) is 0 Å². The van der Waals surface area contributed by atoms with Crippen LogP contribution in [0, 0.1) is 29.6 Å². The summed E-state index contributed by atoms with van der Waals surface area (Å²) in [5, 5.41) is 3.13. The molecule has 106 valence electrons. The van der Waals surface area contributed by atoms with Crippen LogP contribution in [0.15, 0.2) is 18.3 Å². The third kappa shape index (κ3) is 1.85. The average molecular weight is 274 g/mol. The van der Waals surface area contributed by atoms with E-state index in [4.69, 9.17) is 0 Å². The fourth-order valence-electron chi connectivity index (χ4n) is 5.03. The number of rotatable bonds is 2. The number of nitrogens with zero attached hydrogens (tertiary/aromatic N) is 1. The lowest BCUT2D eigenvalue weighted by Crippen LogP contribution is -2.42. The van der Waals surface area contributed by atoms with E-state index in [2.05, 4.69) is 10.3 Å². The zero-order valence-electron chi connectivity index (χ0n) is 11.4. The summed E-state index contributed by atoms with van der Waals surface area (Å²) < 4.78 is 13.1. The molecule has 3 aliphatic carbocycles. The molecule has 1 amide bonds. The highest BCUT2D eigenvalue weighted by Crippen LogP contribution is 2.58. The third-order valence-corrected chi connectivity index (χ3v) is 5.73. The first kappa shape index (κ1) is 12.3. The van der Waals surface area contributed by atoms with E-state index in [1.807, 2.05) is 0 Å². The molecule has 4 rings (SSSR count). The van der Waals surface area contributed by atoms with Gasteiger partial charge in [0.25, 0.3) is 5.91 Å². The van der Waals surface area contributed by atoms with E-state index < -0.39 is 5.95 Å². The molecule has 5 atom stereocenters. The number of nitrogens with one attached hydrogen (secondary N) is 1. The molecule has 2 bridgehead atoms. The van der Waals surface area contributed by atoms with Gasteiger partial charge in [-0.25, -0.2) is 4.98 Å². The van der Waals surface area contributed by atoms with Crippen LogP contribution in [-0.2, 0) is 0 Å². The predicted molar refractivity (Wildman–Crippen MR) is 72.5 cm³/mol. The molecule has 0 radical (unpaired) electrons. The largest absolute Gasteiger partial charge is 0.349 e. The van der Waals surface area contributed by atoms with Crippen LogP contribution in [0.2, 0.25) is 0 Å². The van der Waals surface area contributed by atoms with Crippen LogP contribution in [0.1, 0.15) is 42.5 Å². The topological polar surface area (TPSA) is 42.0 Å². The van der Waals surface area contributed by atoms with Crippen molar-refractivity contribution < 1.29 is 9.18 Å². The van der Waals surface area contributed by atoms with Gasteiger partial charge in [0.15, 0.2) is 0 Å². The van der Waals surface area contributed by atoms with E-state index >= 15 is 0 Å². The van der Waals surface area contributed by atoms with E-state index in [1.165, 1.54) is 37.9 Å². The second-order valence-electron chi connectivity index (χ2n) is 6.60. The first-order valence-electron chi connectivity index (χ1n) is 7.65. The SMILES string of the molecule is O=C(N[C@@H]1C[C@H]2C[C@H]1[C@@H]1CCC[C@@H]21)c1ccnc(F)c1. The molecule has 1 aromatic heterocycles. The first-order chi connectivity index (χ1) is 9.72. The lowest BCUT2D eigenvalue weighted by atomic mass is 9.79. The maximum atomic E-state index is 13.1. The standard InChI is InChI=1S/C16H19FN2O/c17-15-8-9(4-5-18-15)16(20)19-14-7-10-6-13(14)12-3-1-2-11(10)12/h4-5,8,10-14H,1-3,6-7H2,(H,19,20)/t10-,11+,12-,13+,14-/m1/s1. The van der Waals surface area contributed by atoms with Crippen molar-refractivity contribution >= 4 is 5.91 Å². The van der Waals surface area contributed by atoms with Gasteiger partial charge in [0.1, 0.15) is 0 Å². The van der Waals surface area contributed by atoms with E-state index in [9.17, 15) is 9.18 Å². The van der Waals surface area contributed by atoms with Crippen LogP contribution < -0.4 is 5.32 Å². The number of carbonyl (C=O) groups excluding carboxylic acids is 1. The molecule has 0 spiro atoms. The second-order valence-corrected chi connectivity index (χ2v) is 6.60. The lowest BCUT2D eigenvalue weighted by Gasteiger charge is -2.32. The Morgan fingerprint density at radius 1 is 1.25 bits per heavy atom. The van der Waals surface area contributed by atoms with Gasteiger partial charge in [-0.15, -0.1) is 0 Å². The quantitative estimate of drug-likeness (QED) is 0.843. The lowest BCUT2D eigenvalue weighted by molar-refractivity contribution is 0.0900. The molecular weight excluding hydrogens is 255 g/mol. The van der Waals surface area contributed by atoms with E-state index in [-0.39, 0.29) is 5.91 Å². The average Bonchev–Trinajstić information content (AvgIpc) is 3.10. The maximum absolute atomic E-state index is 13.1. The number of halogens is 1. The van der Waals surface area contributed by atoms with E-state index in [1.54, 1.807) is 6.07 Å². The highest BCUT2D eigenvalue weighted by atomic mass is 19.1. The minimum absolute atomic E-state index is 0.154. The normalized spacial score (nSPS) is 38.0. The number of hydrogen-bond donors (Lipinski definition) is 1. The summed E-state index contributed by atoms with van der Waals surface area (Å²) >= 11 is 0. The van der Waals surface area contributed by atoms with Crippen molar-refractivity contribution in [3.63, 3.8) is 0 Å². The van der Waals surface area contributed by atoms with E-state index in [0.29, 0.717) is 17.5 Å². The molecule has 20 heavy (non-hydrogen) atoms. The van der Waals surface area contributed by atoms with Gasteiger partial charge in [0, 0.05) is 23.9 Å². The Bertz CT molecular complexity index is 547. The summed E-state index contributed by atoms with van der Waals surface area (Å²) in [4.78, 5) is 15.7. The molecule has 1 N–H and O–H groups in total. The smallest absolute Gasteiger partial charge is 0.251 e. The number of hydrogen-bond acceptors (Lipinski definition) is 2. The second kappa shape index (κ2) is 4.54. The molecule has 0 aliphatic heterocycles. The summed E-state index contributed by atoms with van der Waals surface area (Å²) in [6.45, 7) is 0.